The van der Waals surface area contributed by atoms with Crippen LogP contribution in [0, 0.1) is 5.92 Å². The van der Waals surface area contributed by atoms with Crippen molar-refractivity contribution < 1.29 is 9.90 Å². The van der Waals surface area contributed by atoms with Gasteiger partial charge in [-0.15, -0.1) is 0 Å². The molecule has 0 spiro atoms. The Labute approximate surface area is 122 Å². The number of benzene rings is 1. The van der Waals surface area contributed by atoms with Crippen LogP contribution in [0.4, 0.5) is 5.69 Å². The molecule has 1 unspecified atom stereocenters. The molecular weight excluding hydrogens is 252 g/mol. The number of rotatable bonds is 7. The molecule has 1 aromatic carbocycles. The summed E-state index contributed by atoms with van der Waals surface area (Å²) in [6.45, 7) is 4.75. The number of aliphatic carboxylic acids is 1. The van der Waals surface area contributed by atoms with E-state index in [1.807, 2.05) is 30.9 Å². The van der Waals surface area contributed by atoms with Gasteiger partial charge in [0.1, 0.15) is 6.04 Å². The summed E-state index contributed by atoms with van der Waals surface area (Å²) in [7, 11) is 5.88. The van der Waals surface area contributed by atoms with Crippen molar-refractivity contribution >= 4 is 11.7 Å². The Kier molecular flexibility index (Phi) is 6.02. The van der Waals surface area contributed by atoms with Crippen LogP contribution in [-0.2, 0) is 11.3 Å². The van der Waals surface area contributed by atoms with Crippen LogP contribution < -0.4 is 4.90 Å². The third-order valence-corrected chi connectivity index (χ3v) is 3.40. The molecule has 112 valence electrons. The molecule has 1 aromatic rings. The molecule has 1 atom stereocenters. The van der Waals surface area contributed by atoms with E-state index in [-0.39, 0.29) is 0 Å². The Balaban J connectivity index is 2.72. The lowest BCUT2D eigenvalue weighted by Crippen LogP contribution is -2.39. The molecule has 1 rings (SSSR count). The highest BCUT2D eigenvalue weighted by Crippen LogP contribution is 2.16. The Morgan fingerprint density at radius 3 is 2.10 bits per heavy atom. The fourth-order valence-corrected chi connectivity index (χ4v) is 2.21. The highest BCUT2D eigenvalue weighted by molar-refractivity contribution is 5.73. The van der Waals surface area contributed by atoms with E-state index in [0.717, 1.165) is 11.3 Å². The minimum absolute atomic E-state index is 0.370. The fourth-order valence-electron chi connectivity index (χ4n) is 2.21. The van der Waals surface area contributed by atoms with Crippen LogP contribution in [0.5, 0.6) is 0 Å². The SMILES string of the molecule is CC(C)CC(C(=O)O)N(C)Cc1ccc(N(C)C)cc1. The highest BCUT2D eigenvalue weighted by atomic mass is 16.4. The van der Waals surface area contributed by atoms with Crippen LogP contribution in [0.25, 0.3) is 0 Å². The Hall–Kier alpha value is -1.55. The zero-order chi connectivity index (χ0) is 15.3. The van der Waals surface area contributed by atoms with Gasteiger partial charge in [0.15, 0.2) is 0 Å². The molecule has 0 fully saturated rings. The zero-order valence-electron chi connectivity index (χ0n) is 13.1. The number of likely N-dealkylation sites (N-methyl/N-ethyl adjacent to an activating group) is 1. The van der Waals surface area contributed by atoms with Crippen molar-refractivity contribution in [1.29, 1.82) is 0 Å². The lowest BCUT2D eigenvalue weighted by atomic mass is 10.0. The zero-order valence-corrected chi connectivity index (χ0v) is 13.1. The van der Waals surface area contributed by atoms with Crippen molar-refractivity contribution in [2.24, 2.45) is 5.92 Å². The quantitative estimate of drug-likeness (QED) is 0.833. The van der Waals surface area contributed by atoms with Crippen molar-refractivity contribution in [1.82, 2.24) is 4.90 Å². The van der Waals surface area contributed by atoms with E-state index in [2.05, 4.69) is 38.1 Å². The molecule has 0 aliphatic rings. The van der Waals surface area contributed by atoms with E-state index in [1.54, 1.807) is 0 Å². The Morgan fingerprint density at radius 2 is 1.70 bits per heavy atom. The molecule has 20 heavy (non-hydrogen) atoms. The van der Waals surface area contributed by atoms with E-state index >= 15 is 0 Å². The smallest absolute Gasteiger partial charge is 0.320 e. The van der Waals surface area contributed by atoms with Crippen LogP contribution in [0.1, 0.15) is 25.8 Å². The third kappa shape index (κ3) is 4.85. The predicted molar refractivity (Wildman–Crippen MR) is 83.1 cm³/mol. The second-order valence-corrected chi connectivity index (χ2v) is 5.96. The van der Waals surface area contributed by atoms with Gasteiger partial charge in [-0.1, -0.05) is 26.0 Å². The number of carboxylic acid groups (broad SMARTS) is 1. The summed E-state index contributed by atoms with van der Waals surface area (Å²) in [6.07, 6.45) is 0.668. The summed E-state index contributed by atoms with van der Waals surface area (Å²) in [5, 5.41) is 9.34. The van der Waals surface area contributed by atoms with Gasteiger partial charge in [-0.05, 0) is 37.1 Å². The topological polar surface area (TPSA) is 43.8 Å². The first-order valence-corrected chi connectivity index (χ1v) is 7.00. The standard InChI is InChI=1S/C16H26N2O2/c1-12(2)10-15(16(19)20)18(5)11-13-6-8-14(9-7-13)17(3)4/h6-9,12,15H,10-11H2,1-5H3,(H,19,20). The van der Waals surface area contributed by atoms with Crippen molar-refractivity contribution in [3.8, 4) is 0 Å². The lowest BCUT2D eigenvalue weighted by Gasteiger charge is -2.26. The average Bonchev–Trinajstić information content (AvgIpc) is 2.35. The molecule has 1 N–H and O–H groups in total. The van der Waals surface area contributed by atoms with Crippen LogP contribution in [-0.4, -0.2) is 43.2 Å². The molecule has 0 radical (unpaired) electrons. The Bertz CT molecular complexity index is 427. The molecular formula is C16H26N2O2. The summed E-state index contributed by atoms with van der Waals surface area (Å²) in [4.78, 5) is 15.3. The summed E-state index contributed by atoms with van der Waals surface area (Å²) >= 11 is 0. The minimum atomic E-state index is -0.744. The molecule has 4 heteroatoms. The number of carboxylic acids is 1. The monoisotopic (exact) mass is 278 g/mol. The van der Waals surface area contributed by atoms with E-state index in [1.165, 1.54) is 0 Å². The molecule has 0 amide bonds. The maximum atomic E-state index is 11.4. The van der Waals surface area contributed by atoms with Gasteiger partial charge in [-0.25, -0.2) is 0 Å². The van der Waals surface area contributed by atoms with E-state index in [9.17, 15) is 9.90 Å². The van der Waals surface area contributed by atoms with Crippen molar-refractivity contribution in [2.75, 3.05) is 26.0 Å². The van der Waals surface area contributed by atoms with Gasteiger partial charge in [-0.3, -0.25) is 9.69 Å². The molecule has 0 aromatic heterocycles. The first-order valence-electron chi connectivity index (χ1n) is 7.00. The van der Waals surface area contributed by atoms with Crippen molar-refractivity contribution in [3.05, 3.63) is 29.8 Å². The van der Waals surface area contributed by atoms with Crippen LogP contribution >= 0.6 is 0 Å². The highest BCUT2D eigenvalue weighted by Gasteiger charge is 2.23. The number of hydrogen-bond acceptors (Lipinski definition) is 3. The molecule has 4 nitrogen and oxygen atoms in total. The van der Waals surface area contributed by atoms with E-state index in [0.29, 0.717) is 18.9 Å². The third-order valence-electron chi connectivity index (χ3n) is 3.40. The van der Waals surface area contributed by atoms with Gasteiger partial charge in [0, 0.05) is 26.3 Å². The Morgan fingerprint density at radius 1 is 1.15 bits per heavy atom. The van der Waals surface area contributed by atoms with Gasteiger partial charge in [-0.2, -0.15) is 0 Å². The van der Waals surface area contributed by atoms with Crippen LogP contribution in [0.15, 0.2) is 24.3 Å². The largest absolute Gasteiger partial charge is 0.480 e. The summed E-state index contributed by atoms with van der Waals surface area (Å²) < 4.78 is 0. The van der Waals surface area contributed by atoms with Crippen molar-refractivity contribution in [3.63, 3.8) is 0 Å². The van der Waals surface area contributed by atoms with Crippen LogP contribution in [0.3, 0.4) is 0 Å². The lowest BCUT2D eigenvalue weighted by molar-refractivity contribution is -0.143. The summed E-state index contributed by atoms with van der Waals surface area (Å²) in [5.41, 5.74) is 2.28. The van der Waals surface area contributed by atoms with Crippen LogP contribution in [0.2, 0.25) is 0 Å². The maximum Gasteiger partial charge on any atom is 0.320 e. The van der Waals surface area contributed by atoms with E-state index < -0.39 is 12.0 Å². The van der Waals surface area contributed by atoms with Gasteiger partial charge in [0.2, 0.25) is 0 Å². The van der Waals surface area contributed by atoms with Gasteiger partial charge in [0.25, 0.3) is 0 Å². The molecule has 0 heterocycles. The minimum Gasteiger partial charge on any atom is -0.480 e. The molecule has 0 aliphatic heterocycles. The number of carbonyl (C=O) groups is 1. The summed E-state index contributed by atoms with van der Waals surface area (Å²) in [5.74, 6) is -0.374. The molecule has 0 saturated carbocycles. The number of anilines is 1. The average molecular weight is 278 g/mol. The first-order chi connectivity index (χ1) is 9.31. The fraction of sp³-hybridized carbons (Fsp3) is 0.562. The molecule has 0 saturated heterocycles. The number of nitrogens with zero attached hydrogens (tertiary/aromatic N) is 2. The van der Waals surface area contributed by atoms with Gasteiger partial charge >= 0.3 is 5.97 Å². The van der Waals surface area contributed by atoms with E-state index in [4.69, 9.17) is 0 Å². The number of hydrogen-bond donors (Lipinski definition) is 1. The second kappa shape index (κ2) is 7.29. The van der Waals surface area contributed by atoms with Gasteiger partial charge in [0.05, 0.1) is 0 Å². The first kappa shape index (κ1) is 16.5. The predicted octanol–water partition coefficient (Wildman–Crippen LogP) is 2.68. The maximum absolute atomic E-state index is 11.4. The second-order valence-electron chi connectivity index (χ2n) is 5.96. The molecule has 0 bridgehead atoms. The summed E-state index contributed by atoms with van der Waals surface area (Å²) in [6, 6.07) is 7.80. The van der Waals surface area contributed by atoms with Gasteiger partial charge < -0.3 is 10.0 Å². The van der Waals surface area contributed by atoms with Crippen molar-refractivity contribution in [2.45, 2.75) is 32.9 Å². The molecule has 0 aliphatic carbocycles. The normalized spacial score (nSPS) is 12.8.